The van der Waals surface area contributed by atoms with Crippen LogP contribution in [0.25, 0.3) is 21.8 Å². The number of carbonyl (C=O) groups excluding carboxylic acids is 1. The van der Waals surface area contributed by atoms with E-state index in [9.17, 15) is 4.79 Å². The fraction of sp³-hybridized carbons (Fsp3) is 0.368. The molecular formula is C19H24N4O2. The zero-order valence-electron chi connectivity index (χ0n) is 15.1. The number of anilines is 2. The van der Waals surface area contributed by atoms with Gasteiger partial charge in [0.25, 0.3) is 0 Å². The van der Waals surface area contributed by atoms with Crippen LogP contribution in [0.4, 0.5) is 11.4 Å². The molecule has 0 spiro atoms. The molecule has 1 aromatic carbocycles. The quantitative estimate of drug-likeness (QED) is 0.693. The summed E-state index contributed by atoms with van der Waals surface area (Å²) in [6.07, 6.45) is 0. The molecule has 3 N–H and O–H groups in total. The highest BCUT2D eigenvalue weighted by Crippen LogP contribution is 2.34. The second kappa shape index (κ2) is 6.63. The maximum absolute atomic E-state index is 12.2. The van der Waals surface area contributed by atoms with Crippen molar-refractivity contribution in [2.75, 3.05) is 30.3 Å². The highest BCUT2D eigenvalue weighted by molar-refractivity contribution is 6.14. The first-order valence-corrected chi connectivity index (χ1v) is 8.65. The number of H-pyrrole nitrogens is 1. The van der Waals surface area contributed by atoms with Crippen LogP contribution in [0, 0.1) is 6.92 Å². The van der Waals surface area contributed by atoms with Gasteiger partial charge in [0.15, 0.2) is 0 Å². The van der Waals surface area contributed by atoms with E-state index in [-0.39, 0.29) is 0 Å². The fourth-order valence-electron chi connectivity index (χ4n) is 3.30. The minimum atomic E-state index is -0.441. The molecule has 0 atom stereocenters. The van der Waals surface area contributed by atoms with Gasteiger partial charge in [-0.15, -0.1) is 0 Å². The predicted molar refractivity (Wildman–Crippen MR) is 102 cm³/mol. The van der Waals surface area contributed by atoms with E-state index in [1.807, 2.05) is 13.0 Å². The lowest BCUT2D eigenvalue weighted by Crippen LogP contribution is -2.21. The van der Waals surface area contributed by atoms with E-state index < -0.39 is 5.97 Å². The normalized spacial score (nSPS) is 11.2. The van der Waals surface area contributed by atoms with Crippen molar-refractivity contribution in [1.29, 1.82) is 0 Å². The number of aromatic nitrogens is 2. The van der Waals surface area contributed by atoms with Crippen LogP contribution in [-0.2, 0) is 4.74 Å². The van der Waals surface area contributed by atoms with Gasteiger partial charge in [0.2, 0.25) is 0 Å². The molecule has 0 aliphatic heterocycles. The van der Waals surface area contributed by atoms with Gasteiger partial charge in [0.1, 0.15) is 5.69 Å². The van der Waals surface area contributed by atoms with E-state index in [4.69, 9.17) is 10.5 Å². The lowest BCUT2D eigenvalue weighted by atomic mass is 10.1. The van der Waals surface area contributed by atoms with Gasteiger partial charge in [-0.2, -0.15) is 0 Å². The number of nitrogens with one attached hydrogen (secondary N) is 1. The molecule has 6 heteroatoms. The number of ether oxygens (including phenoxy) is 1. The number of benzene rings is 1. The van der Waals surface area contributed by atoms with Gasteiger partial charge in [-0.25, -0.2) is 4.79 Å². The summed E-state index contributed by atoms with van der Waals surface area (Å²) in [7, 11) is 0. The number of rotatable bonds is 5. The molecule has 0 radical (unpaired) electrons. The van der Waals surface area contributed by atoms with Crippen LogP contribution < -0.4 is 10.6 Å². The maximum atomic E-state index is 12.2. The summed E-state index contributed by atoms with van der Waals surface area (Å²) in [5, 5.41) is 1.74. The summed E-state index contributed by atoms with van der Waals surface area (Å²) in [5.41, 5.74) is 10.5. The van der Waals surface area contributed by atoms with Gasteiger partial charge in [-0.1, -0.05) is 0 Å². The largest absolute Gasteiger partial charge is 0.461 e. The molecule has 2 heterocycles. The third-order valence-corrected chi connectivity index (χ3v) is 4.55. The Kier molecular flexibility index (Phi) is 4.53. The minimum absolute atomic E-state index is 0.294. The van der Waals surface area contributed by atoms with Crippen LogP contribution in [0.3, 0.4) is 0 Å². The molecule has 0 saturated carbocycles. The summed E-state index contributed by atoms with van der Waals surface area (Å²) in [6.45, 7) is 10.1. The van der Waals surface area contributed by atoms with Crippen LogP contribution in [0.2, 0.25) is 0 Å². The zero-order valence-corrected chi connectivity index (χ0v) is 15.1. The van der Waals surface area contributed by atoms with Gasteiger partial charge in [0, 0.05) is 35.2 Å². The Morgan fingerprint density at radius 1 is 1.28 bits per heavy atom. The van der Waals surface area contributed by atoms with Crippen molar-refractivity contribution >= 4 is 39.1 Å². The molecule has 25 heavy (non-hydrogen) atoms. The van der Waals surface area contributed by atoms with E-state index in [0.29, 0.717) is 18.0 Å². The minimum Gasteiger partial charge on any atom is -0.461 e. The number of hydrogen-bond acceptors (Lipinski definition) is 5. The number of nitrogens with two attached hydrogens (primary N) is 1. The van der Waals surface area contributed by atoms with Crippen molar-refractivity contribution in [3.8, 4) is 0 Å². The summed E-state index contributed by atoms with van der Waals surface area (Å²) in [6, 6.07) is 6.19. The highest BCUT2D eigenvalue weighted by atomic mass is 16.5. The number of nitrogen functional groups attached to an aromatic ring is 1. The Bertz CT molecular complexity index is 942. The van der Waals surface area contributed by atoms with Gasteiger partial charge in [-0.3, -0.25) is 4.98 Å². The van der Waals surface area contributed by atoms with Crippen molar-refractivity contribution < 1.29 is 9.53 Å². The Balaban J connectivity index is 2.29. The molecule has 0 saturated heterocycles. The highest BCUT2D eigenvalue weighted by Gasteiger charge is 2.20. The van der Waals surface area contributed by atoms with Gasteiger partial charge in [0.05, 0.1) is 23.3 Å². The number of aromatic amines is 1. The lowest BCUT2D eigenvalue weighted by Gasteiger charge is -2.21. The topological polar surface area (TPSA) is 84.2 Å². The van der Waals surface area contributed by atoms with Crippen LogP contribution in [-0.4, -0.2) is 35.6 Å². The summed E-state index contributed by atoms with van der Waals surface area (Å²) >= 11 is 0. The second-order valence-electron chi connectivity index (χ2n) is 5.96. The van der Waals surface area contributed by atoms with Crippen molar-refractivity contribution in [1.82, 2.24) is 9.97 Å². The number of esters is 1. The number of carbonyl (C=O) groups is 1. The fourth-order valence-corrected chi connectivity index (χ4v) is 3.30. The van der Waals surface area contributed by atoms with E-state index in [1.54, 1.807) is 6.92 Å². The Morgan fingerprint density at radius 2 is 2.00 bits per heavy atom. The molecule has 0 aliphatic rings. The SMILES string of the molecule is CCOC(=O)c1[nH]c2c(c(C)nc3ccc(N(CC)CC)cc32)c1N. The molecule has 0 unspecified atom stereocenters. The Morgan fingerprint density at radius 3 is 2.64 bits per heavy atom. The van der Waals surface area contributed by atoms with Gasteiger partial charge < -0.3 is 20.4 Å². The van der Waals surface area contributed by atoms with E-state index >= 15 is 0 Å². The lowest BCUT2D eigenvalue weighted by molar-refractivity contribution is 0.0522. The van der Waals surface area contributed by atoms with E-state index in [2.05, 4.69) is 40.8 Å². The molecule has 0 aliphatic carbocycles. The molecular weight excluding hydrogens is 316 g/mol. The number of hydrogen-bond donors (Lipinski definition) is 2. The van der Waals surface area contributed by atoms with Crippen molar-refractivity contribution in [3.05, 3.63) is 29.6 Å². The third-order valence-electron chi connectivity index (χ3n) is 4.55. The third kappa shape index (κ3) is 2.77. The number of aryl methyl sites for hydroxylation is 1. The van der Waals surface area contributed by atoms with E-state index in [1.165, 1.54) is 0 Å². The molecule has 3 aromatic rings. The van der Waals surface area contributed by atoms with Crippen molar-refractivity contribution in [3.63, 3.8) is 0 Å². The first-order valence-electron chi connectivity index (χ1n) is 8.65. The molecule has 6 nitrogen and oxygen atoms in total. The summed E-state index contributed by atoms with van der Waals surface area (Å²) in [4.78, 5) is 22.3. The number of nitrogens with zero attached hydrogens (tertiary/aromatic N) is 2. The number of fused-ring (bicyclic) bond motifs is 3. The van der Waals surface area contributed by atoms with Gasteiger partial charge >= 0.3 is 5.97 Å². The molecule has 0 fully saturated rings. The van der Waals surface area contributed by atoms with Crippen molar-refractivity contribution in [2.45, 2.75) is 27.7 Å². The Hall–Kier alpha value is -2.76. The monoisotopic (exact) mass is 340 g/mol. The average molecular weight is 340 g/mol. The standard InChI is InChI=1S/C19H24N4O2/c1-5-23(6-2)12-8-9-14-13(10-12)17-15(11(4)21-14)16(20)18(22-17)19(24)25-7-3/h8-10,22H,5-7,20H2,1-4H3. The van der Waals surface area contributed by atoms with Crippen LogP contribution in [0.5, 0.6) is 0 Å². The summed E-state index contributed by atoms with van der Waals surface area (Å²) < 4.78 is 5.11. The average Bonchev–Trinajstić information content (AvgIpc) is 2.95. The van der Waals surface area contributed by atoms with Crippen LogP contribution in [0.15, 0.2) is 18.2 Å². The maximum Gasteiger partial charge on any atom is 0.356 e. The summed E-state index contributed by atoms with van der Waals surface area (Å²) in [5.74, 6) is -0.441. The second-order valence-corrected chi connectivity index (χ2v) is 5.96. The molecule has 132 valence electrons. The Labute approximate surface area is 147 Å². The molecule has 3 rings (SSSR count). The predicted octanol–water partition coefficient (Wildman–Crippen LogP) is 3.63. The van der Waals surface area contributed by atoms with E-state index in [0.717, 1.165) is 46.3 Å². The first kappa shape index (κ1) is 17.1. The van der Waals surface area contributed by atoms with Gasteiger partial charge in [-0.05, 0) is 45.9 Å². The number of pyridine rings is 1. The first-order chi connectivity index (χ1) is 12.0. The van der Waals surface area contributed by atoms with Crippen molar-refractivity contribution in [2.24, 2.45) is 0 Å². The molecule has 0 bridgehead atoms. The zero-order chi connectivity index (χ0) is 18.1. The smallest absolute Gasteiger partial charge is 0.356 e. The van der Waals surface area contributed by atoms with Crippen LogP contribution in [0.1, 0.15) is 37.0 Å². The molecule has 0 amide bonds. The van der Waals surface area contributed by atoms with Crippen LogP contribution >= 0.6 is 0 Å². The molecule has 2 aromatic heterocycles.